The van der Waals surface area contributed by atoms with Crippen molar-refractivity contribution < 1.29 is 32.9 Å². The molecule has 0 amide bonds. The van der Waals surface area contributed by atoms with Crippen LogP contribution in [0, 0.1) is 0 Å². The van der Waals surface area contributed by atoms with Crippen molar-refractivity contribution in [3.05, 3.63) is 16.7 Å². The molecular weight excluding hydrogens is 345 g/mol. The Bertz CT molecular complexity index is 858. The van der Waals surface area contributed by atoms with E-state index in [1.807, 2.05) is 0 Å². The van der Waals surface area contributed by atoms with Gasteiger partial charge in [0.15, 0.2) is 6.33 Å². The molecule has 132 valence electrons. The van der Waals surface area contributed by atoms with Crippen LogP contribution in [0.2, 0.25) is 0 Å². The Morgan fingerprint density at radius 3 is 3.04 bits per heavy atom. The number of ether oxygens (including phenoxy) is 2. The van der Waals surface area contributed by atoms with E-state index in [0.29, 0.717) is 11.2 Å². The second-order valence-corrected chi connectivity index (χ2v) is 6.53. The van der Waals surface area contributed by atoms with Crippen molar-refractivity contribution in [2.45, 2.75) is 12.3 Å². The van der Waals surface area contributed by atoms with Crippen LogP contribution in [-0.4, -0.2) is 50.2 Å². The molecule has 0 unspecified atom stereocenters. The molecule has 1 saturated heterocycles. The van der Waals surface area contributed by atoms with E-state index in [2.05, 4.69) is 14.5 Å². The standard InChI is InChI=1S/C11H16N5O7P/c1-15-5-16(9-8(15)10(17)14-11(12)13-9)7-4-21-2-6(23-7)3-22-24(18,19)20/h5-7H,2-4H2,1H3,(H4-,12,13,14,17,18,19,20)/p+1/t6-,7+/m0/s1. The third kappa shape index (κ3) is 3.48. The molecular formula is C11H17N5O7P+. The lowest BCUT2D eigenvalue weighted by Gasteiger charge is -2.28. The summed E-state index contributed by atoms with van der Waals surface area (Å²) in [7, 11) is -2.92. The van der Waals surface area contributed by atoms with Gasteiger partial charge in [0.25, 0.3) is 11.5 Å². The zero-order valence-corrected chi connectivity index (χ0v) is 13.5. The number of aromatic amines is 1. The maximum atomic E-state index is 12.0. The predicted molar refractivity (Wildman–Crippen MR) is 78.7 cm³/mol. The summed E-state index contributed by atoms with van der Waals surface area (Å²) < 4.78 is 29.5. The average Bonchev–Trinajstić information content (AvgIpc) is 2.82. The van der Waals surface area contributed by atoms with E-state index < -0.39 is 25.7 Å². The second kappa shape index (κ2) is 6.24. The maximum absolute atomic E-state index is 12.0. The van der Waals surface area contributed by atoms with Crippen LogP contribution in [0.25, 0.3) is 11.2 Å². The number of nitrogens with two attached hydrogens (primary N) is 1. The molecule has 2 aromatic heterocycles. The van der Waals surface area contributed by atoms with E-state index >= 15 is 0 Å². The Labute approximate surface area is 135 Å². The van der Waals surface area contributed by atoms with Crippen molar-refractivity contribution in [2.24, 2.45) is 7.05 Å². The highest BCUT2D eigenvalue weighted by atomic mass is 31.2. The molecule has 2 atom stereocenters. The summed E-state index contributed by atoms with van der Waals surface area (Å²) in [6.07, 6.45) is 0.270. The van der Waals surface area contributed by atoms with Crippen LogP contribution in [0.5, 0.6) is 0 Å². The first-order valence-corrected chi connectivity index (χ1v) is 8.47. The van der Waals surface area contributed by atoms with Gasteiger partial charge in [0.05, 0.1) is 20.3 Å². The molecule has 5 N–H and O–H groups in total. The highest BCUT2D eigenvalue weighted by Gasteiger charge is 2.32. The van der Waals surface area contributed by atoms with Crippen molar-refractivity contribution in [3.63, 3.8) is 0 Å². The summed E-state index contributed by atoms with van der Waals surface area (Å²) in [4.78, 5) is 36.1. The Morgan fingerprint density at radius 2 is 2.33 bits per heavy atom. The van der Waals surface area contributed by atoms with Crippen LogP contribution in [0.15, 0.2) is 11.1 Å². The second-order valence-electron chi connectivity index (χ2n) is 5.29. The molecule has 3 heterocycles. The monoisotopic (exact) mass is 362 g/mol. The van der Waals surface area contributed by atoms with E-state index in [9.17, 15) is 9.36 Å². The van der Waals surface area contributed by atoms with Gasteiger partial charge in [-0.05, 0) is 0 Å². The number of hydrogen-bond donors (Lipinski definition) is 4. The first-order chi connectivity index (χ1) is 11.2. The molecule has 0 aliphatic carbocycles. The van der Waals surface area contributed by atoms with E-state index in [4.69, 9.17) is 25.0 Å². The van der Waals surface area contributed by atoms with Crippen LogP contribution in [-0.2, 0) is 25.6 Å². The number of phosphoric ester groups is 1. The van der Waals surface area contributed by atoms with Gasteiger partial charge >= 0.3 is 13.5 Å². The van der Waals surface area contributed by atoms with Crippen LogP contribution < -0.4 is 15.9 Å². The van der Waals surface area contributed by atoms with Gasteiger partial charge < -0.3 is 25.0 Å². The van der Waals surface area contributed by atoms with Gasteiger partial charge in [-0.1, -0.05) is 4.98 Å². The quantitative estimate of drug-likeness (QED) is 0.361. The topological polar surface area (TPSA) is 166 Å². The molecule has 1 aliphatic rings. The summed E-state index contributed by atoms with van der Waals surface area (Å²) >= 11 is 0. The number of nitrogens with zero attached hydrogens (tertiary/aromatic N) is 3. The van der Waals surface area contributed by atoms with Gasteiger partial charge in [0, 0.05) is 0 Å². The molecule has 1 aliphatic heterocycles. The maximum Gasteiger partial charge on any atom is 0.469 e. The van der Waals surface area contributed by atoms with Gasteiger partial charge in [0.1, 0.15) is 12.7 Å². The Morgan fingerprint density at radius 1 is 1.58 bits per heavy atom. The number of aryl methyl sites for hydroxylation is 1. The molecule has 3 rings (SSSR count). The lowest BCUT2D eigenvalue weighted by molar-refractivity contribution is -0.751. The number of H-pyrrole nitrogens is 1. The molecule has 1 fully saturated rings. The first kappa shape index (κ1) is 17.0. The normalized spacial score (nSPS) is 22.1. The lowest BCUT2D eigenvalue weighted by atomic mass is 10.3. The molecule has 2 aromatic rings. The number of aromatic nitrogens is 4. The molecule has 24 heavy (non-hydrogen) atoms. The number of anilines is 1. The summed E-state index contributed by atoms with van der Waals surface area (Å²) in [5.41, 5.74) is 5.81. The van der Waals surface area contributed by atoms with Crippen molar-refractivity contribution in [3.8, 4) is 0 Å². The summed E-state index contributed by atoms with van der Waals surface area (Å²) in [5, 5.41) is 0. The summed E-state index contributed by atoms with van der Waals surface area (Å²) in [5.74, 6) is -0.0365. The van der Waals surface area contributed by atoms with Crippen molar-refractivity contribution in [1.29, 1.82) is 0 Å². The summed E-state index contributed by atoms with van der Waals surface area (Å²) in [6, 6.07) is 0. The Hall–Kier alpha value is -1.82. The number of nitrogens with one attached hydrogen (secondary N) is 1. The predicted octanol–water partition coefficient (Wildman–Crippen LogP) is -1.85. The van der Waals surface area contributed by atoms with Gasteiger partial charge in [-0.15, -0.1) is 0 Å². The fourth-order valence-corrected chi connectivity index (χ4v) is 2.85. The molecule has 12 nitrogen and oxygen atoms in total. The fourth-order valence-electron chi connectivity index (χ4n) is 2.49. The van der Waals surface area contributed by atoms with Gasteiger partial charge in [-0.25, -0.2) is 9.13 Å². The largest absolute Gasteiger partial charge is 0.469 e. The average molecular weight is 362 g/mol. The third-order valence-electron chi connectivity index (χ3n) is 3.44. The molecule has 0 spiro atoms. The molecule has 0 saturated carbocycles. The van der Waals surface area contributed by atoms with Crippen LogP contribution >= 0.6 is 7.82 Å². The number of phosphoric acid groups is 1. The van der Waals surface area contributed by atoms with E-state index in [-0.39, 0.29) is 25.8 Å². The SMILES string of the molecule is Cn1c[n+]([C@H]2COC[C@@H](COP(=O)(O)O)O2)c2nc(N)[nH]c(=O)c21. The smallest absolute Gasteiger partial charge is 0.372 e. The van der Waals surface area contributed by atoms with Crippen molar-refractivity contribution in [2.75, 3.05) is 25.6 Å². The fraction of sp³-hybridized carbons (Fsp3) is 0.545. The minimum atomic E-state index is -4.59. The van der Waals surface area contributed by atoms with Crippen LogP contribution in [0.4, 0.5) is 5.95 Å². The molecule has 0 aromatic carbocycles. The third-order valence-corrected chi connectivity index (χ3v) is 3.93. The number of imidazole rings is 1. The number of nitrogen functional groups attached to an aromatic ring is 1. The lowest BCUT2D eigenvalue weighted by Crippen LogP contribution is -2.49. The number of rotatable bonds is 4. The van der Waals surface area contributed by atoms with Gasteiger partial charge in [-0.3, -0.25) is 18.9 Å². The van der Waals surface area contributed by atoms with E-state index in [0.717, 1.165) is 0 Å². The van der Waals surface area contributed by atoms with E-state index in [1.165, 1.54) is 0 Å². The van der Waals surface area contributed by atoms with Crippen LogP contribution in [0.3, 0.4) is 0 Å². The Kier molecular flexibility index (Phi) is 4.42. The van der Waals surface area contributed by atoms with Crippen molar-refractivity contribution >= 4 is 24.9 Å². The molecule has 0 bridgehead atoms. The highest BCUT2D eigenvalue weighted by molar-refractivity contribution is 7.46. The Balaban J connectivity index is 1.87. The molecule has 13 heteroatoms. The zero-order valence-electron chi connectivity index (χ0n) is 12.7. The van der Waals surface area contributed by atoms with Crippen LogP contribution in [0.1, 0.15) is 6.23 Å². The zero-order chi connectivity index (χ0) is 17.5. The minimum Gasteiger partial charge on any atom is -0.372 e. The minimum absolute atomic E-state index is 0.0365. The van der Waals surface area contributed by atoms with Gasteiger partial charge in [-0.2, -0.15) is 0 Å². The van der Waals surface area contributed by atoms with Crippen molar-refractivity contribution in [1.82, 2.24) is 14.5 Å². The molecule has 0 radical (unpaired) electrons. The number of fused-ring (bicyclic) bond motifs is 1. The number of hydrogen-bond acceptors (Lipinski definition) is 7. The van der Waals surface area contributed by atoms with E-state index in [1.54, 1.807) is 22.5 Å². The van der Waals surface area contributed by atoms with Gasteiger partial charge in [0.2, 0.25) is 11.7 Å². The highest BCUT2D eigenvalue weighted by Crippen LogP contribution is 2.36. The first-order valence-electron chi connectivity index (χ1n) is 6.94. The summed E-state index contributed by atoms with van der Waals surface area (Å²) in [6.45, 7) is -0.0369.